The largest absolute Gasteiger partial charge is 0.382 e. The van der Waals surface area contributed by atoms with Gasteiger partial charge in [-0.15, -0.1) is 0 Å². The zero-order valence-electron chi connectivity index (χ0n) is 19.8. The van der Waals surface area contributed by atoms with Crippen LogP contribution < -0.4 is 5.73 Å². The highest BCUT2D eigenvalue weighted by atomic mass is 16.5. The molecule has 7 heteroatoms. The Morgan fingerprint density at radius 2 is 1.88 bits per heavy atom. The Kier molecular flexibility index (Phi) is 7.28. The van der Waals surface area contributed by atoms with E-state index < -0.39 is 0 Å². The van der Waals surface area contributed by atoms with E-state index in [2.05, 4.69) is 34.4 Å². The van der Waals surface area contributed by atoms with E-state index in [1.165, 1.54) is 38.9 Å². The number of anilines is 1. The molecule has 0 spiro atoms. The first-order valence-corrected chi connectivity index (χ1v) is 12.0. The van der Waals surface area contributed by atoms with Crippen LogP contribution in [-0.4, -0.2) is 57.9 Å². The van der Waals surface area contributed by atoms with Crippen molar-refractivity contribution < 1.29 is 9.47 Å². The van der Waals surface area contributed by atoms with E-state index in [0.29, 0.717) is 25.6 Å². The molecule has 0 saturated carbocycles. The van der Waals surface area contributed by atoms with Gasteiger partial charge in [-0.1, -0.05) is 18.2 Å². The Morgan fingerprint density at radius 1 is 1.09 bits per heavy atom. The summed E-state index contributed by atoms with van der Waals surface area (Å²) in [6.45, 7) is 12.5. The van der Waals surface area contributed by atoms with E-state index in [1.54, 1.807) is 0 Å². The van der Waals surface area contributed by atoms with Crippen LogP contribution in [0.2, 0.25) is 0 Å². The molecule has 0 atom stereocenters. The van der Waals surface area contributed by atoms with Gasteiger partial charge in [-0.25, -0.2) is 9.97 Å². The molecule has 0 unspecified atom stereocenters. The van der Waals surface area contributed by atoms with Crippen LogP contribution >= 0.6 is 0 Å². The summed E-state index contributed by atoms with van der Waals surface area (Å²) in [5, 5.41) is 1.05. The molecule has 174 valence electrons. The summed E-state index contributed by atoms with van der Waals surface area (Å²) in [7, 11) is 0. The molecule has 2 aromatic heterocycles. The highest BCUT2D eigenvalue weighted by molar-refractivity contribution is 6.06. The molecule has 4 rings (SSSR count). The molecule has 0 amide bonds. The van der Waals surface area contributed by atoms with Gasteiger partial charge in [-0.05, 0) is 72.2 Å². The van der Waals surface area contributed by atoms with Crippen LogP contribution in [0, 0.1) is 0 Å². The SMILES string of the molecule is CCOCc1nc2c(N)nc3ccccc3c2n1CC(C)(C)OCCCCN1CCCC1. The lowest BCUT2D eigenvalue weighted by Crippen LogP contribution is -2.32. The predicted molar refractivity (Wildman–Crippen MR) is 130 cm³/mol. The molecule has 2 N–H and O–H groups in total. The number of ether oxygens (including phenoxy) is 2. The van der Waals surface area contributed by atoms with Gasteiger partial charge in [0.05, 0.1) is 23.2 Å². The summed E-state index contributed by atoms with van der Waals surface area (Å²) in [5.41, 5.74) is 8.57. The lowest BCUT2D eigenvalue weighted by molar-refractivity contribution is -0.0318. The van der Waals surface area contributed by atoms with Gasteiger partial charge in [-0.2, -0.15) is 0 Å². The molecule has 1 saturated heterocycles. The number of imidazole rings is 1. The van der Waals surface area contributed by atoms with Crippen LogP contribution in [-0.2, 0) is 22.6 Å². The molecule has 3 aromatic rings. The van der Waals surface area contributed by atoms with Crippen LogP contribution in [0.4, 0.5) is 5.82 Å². The van der Waals surface area contributed by atoms with Crippen LogP contribution in [0.1, 0.15) is 52.3 Å². The van der Waals surface area contributed by atoms with Crippen molar-refractivity contribution >= 4 is 27.8 Å². The molecular weight excluding hydrogens is 402 g/mol. The number of para-hydroxylation sites is 1. The Bertz CT molecular complexity index is 1040. The highest BCUT2D eigenvalue weighted by Gasteiger charge is 2.25. The third kappa shape index (κ3) is 5.22. The Morgan fingerprint density at radius 3 is 2.66 bits per heavy atom. The third-order valence-electron chi connectivity index (χ3n) is 6.22. The summed E-state index contributed by atoms with van der Waals surface area (Å²) in [6, 6.07) is 8.09. The van der Waals surface area contributed by atoms with Crippen molar-refractivity contribution in [2.24, 2.45) is 0 Å². The van der Waals surface area contributed by atoms with Crippen LogP contribution in [0.25, 0.3) is 21.9 Å². The minimum absolute atomic E-state index is 0.346. The average Bonchev–Trinajstić information content (AvgIpc) is 3.40. The summed E-state index contributed by atoms with van der Waals surface area (Å²) >= 11 is 0. The van der Waals surface area contributed by atoms with Gasteiger partial charge in [0.1, 0.15) is 17.9 Å². The summed E-state index contributed by atoms with van der Waals surface area (Å²) in [5.74, 6) is 1.31. The second-order valence-electron chi connectivity index (χ2n) is 9.33. The third-order valence-corrected chi connectivity index (χ3v) is 6.22. The Hall–Kier alpha value is -2.22. The Labute approximate surface area is 190 Å². The maximum atomic E-state index is 6.36. The molecule has 1 fully saturated rings. The number of nitrogens with two attached hydrogens (primary N) is 1. The van der Waals surface area contributed by atoms with E-state index in [-0.39, 0.29) is 5.60 Å². The number of nitrogen functional groups attached to an aromatic ring is 1. The van der Waals surface area contributed by atoms with Crippen molar-refractivity contribution in [1.29, 1.82) is 0 Å². The van der Waals surface area contributed by atoms with Gasteiger partial charge in [0.25, 0.3) is 0 Å². The van der Waals surface area contributed by atoms with E-state index in [9.17, 15) is 0 Å². The maximum Gasteiger partial charge on any atom is 0.152 e. The van der Waals surface area contributed by atoms with Crippen LogP contribution in [0.5, 0.6) is 0 Å². The van der Waals surface area contributed by atoms with Crippen molar-refractivity contribution in [3.05, 3.63) is 30.1 Å². The lowest BCUT2D eigenvalue weighted by Gasteiger charge is -2.27. The number of pyridine rings is 1. The second kappa shape index (κ2) is 10.1. The number of benzene rings is 1. The van der Waals surface area contributed by atoms with E-state index >= 15 is 0 Å². The fourth-order valence-electron chi connectivity index (χ4n) is 4.60. The van der Waals surface area contributed by atoms with Crippen molar-refractivity contribution in [2.75, 3.05) is 38.6 Å². The van der Waals surface area contributed by atoms with Gasteiger partial charge < -0.3 is 24.7 Å². The molecular formula is C25H37N5O2. The minimum Gasteiger partial charge on any atom is -0.382 e. The van der Waals surface area contributed by atoms with Gasteiger partial charge in [-0.3, -0.25) is 0 Å². The number of fused-ring (bicyclic) bond motifs is 3. The summed E-state index contributed by atoms with van der Waals surface area (Å²) in [4.78, 5) is 12.0. The van der Waals surface area contributed by atoms with Gasteiger partial charge in [0.15, 0.2) is 5.82 Å². The molecule has 1 aromatic carbocycles. The monoisotopic (exact) mass is 439 g/mol. The smallest absolute Gasteiger partial charge is 0.152 e. The van der Waals surface area contributed by atoms with Crippen LogP contribution in [0.3, 0.4) is 0 Å². The molecule has 32 heavy (non-hydrogen) atoms. The molecule has 0 aliphatic carbocycles. The average molecular weight is 440 g/mol. The fourth-order valence-corrected chi connectivity index (χ4v) is 4.60. The number of rotatable bonds is 11. The van der Waals surface area contributed by atoms with Crippen molar-refractivity contribution in [2.45, 2.75) is 65.2 Å². The van der Waals surface area contributed by atoms with Gasteiger partial charge in [0.2, 0.25) is 0 Å². The first kappa shape index (κ1) is 23.0. The first-order valence-electron chi connectivity index (χ1n) is 12.0. The lowest BCUT2D eigenvalue weighted by atomic mass is 10.1. The molecule has 7 nitrogen and oxygen atoms in total. The number of hydrogen-bond donors (Lipinski definition) is 1. The zero-order valence-corrected chi connectivity index (χ0v) is 19.8. The maximum absolute atomic E-state index is 6.36. The van der Waals surface area contributed by atoms with Gasteiger partial charge >= 0.3 is 0 Å². The molecule has 3 heterocycles. The van der Waals surface area contributed by atoms with E-state index in [1.807, 2.05) is 25.1 Å². The Balaban J connectivity index is 1.53. The zero-order chi connectivity index (χ0) is 22.6. The number of unbranched alkanes of at least 4 members (excludes halogenated alkanes) is 1. The molecule has 0 radical (unpaired) electrons. The summed E-state index contributed by atoms with van der Waals surface area (Å²) in [6.07, 6.45) is 4.96. The van der Waals surface area contributed by atoms with Gasteiger partial charge in [0, 0.05) is 18.6 Å². The topological polar surface area (TPSA) is 78.4 Å². The summed E-state index contributed by atoms with van der Waals surface area (Å²) < 4.78 is 14.3. The standard InChI is InChI=1S/C25H37N5O2/c1-4-31-17-21-28-22-23(19-11-5-6-12-20(19)27-24(22)26)30(21)18-25(2,3)32-16-10-9-15-29-13-7-8-14-29/h5-6,11-12H,4,7-10,13-18H2,1-3H3,(H2,26,27). The molecule has 1 aliphatic heterocycles. The number of likely N-dealkylation sites (tertiary alicyclic amines) is 1. The predicted octanol–water partition coefficient (Wildman–Crippen LogP) is 4.37. The van der Waals surface area contributed by atoms with E-state index in [0.717, 1.165) is 40.8 Å². The number of aromatic nitrogens is 3. The highest BCUT2D eigenvalue weighted by Crippen LogP contribution is 2.30. The van der Waals surface area contributed by atoms with Crippen molar-refractivity contribution in [1.82, 2.24) is 19.4 Å². The second-order valence-corrected chi connectivity index (χ2v) is 9.33. The van der Waals surface area contributed by atoms with Crippen LogP contribution in [0.15, 0.2) is 24.3 Å². The normalized spacial score (nSPS) is 15.3. The molecule has 0 bridgehead atoms. The van der Waals surface area contributed by atoms with Crippen molar-refractivity contribution in [3.63, 3.8) is 0 Å². The van der Waals surface area contributed by atoms with E-state index in [4.69, 9.17) is 20.2 Å². The quantitative estimate of drug-likeness (QED) is 0.447. The number of nitrogens with zero attached hydrogens (tertiary/aromatic N) is 4. The number of hydrogen-bond acceptors (Lipinski definition) is 6. The van der Waals surface area contributed by atoms with Crippen molar-refractivity contribution in [3.8, 4) is 0 Å². The fraction of sp³-hybridized carbons (Fsp3) is 0.600. The first-order chi connectivity index (χ1) is 15.5. The minimum atomic E-state index is -0.346. The molecule has 1 aliphatic rings.